The third-order valence-electron chi connectivity index (χ3n) is 3.69. The standard InChI is InChI=1S/C15H22F2N2O/c1-15(16,17)13-3-4-14(20-2)12(11-13)5-8-19-9-6-18-7-10-19/h3-4,11,18H,5-10H2,1-2H3. The van der Waals surface area contributed by atoms with Crippen molar-refractivity contribution in [2.24, 2.45) is 0 Å². The van der Waals surface area contributed by atoms with E-state index in [4.69, 9.17) is 4.74 Å². The molecule has 1 aliphatic rings. The second-order valence-electron chi connectivity index (χ2n) is 5.26. The van der Waals surface area contributed by atoms with Crippen LogP contribution in [0.5, 0.6) is 5.75 Å². The number of ether oxygens (including phenoxy) is 1. The van der Waals surface area contributed by atoms with Crippen LogP contribution in [0.1, 0.15) is 18.1 Å². The van der Waals surface area contributed by atoms with Gasteiger partial charge >= 0.3 is 0 Å². The van der Waals surface area contributed by atoms with Crippen LogP contribution in [-0.2, 0) is 12.3 Å². The zero-order chi connectivity index (χ0) is 14.6. The number of piperazine rings is 1. The van der Waals surface area contributed by atoms with Crippen molar-refractivity contribution >= 4 is 0 Å². The summed E-state index contributed by atoms with van der Waals surface area (Å²) in [6.45, 7) is 5.79. The van der Waals surface area contributed by atoms with Crippen LogP contribution in [0.2, 0.25) is 0 Å². The van der Waals surface area contributed by atoms with E-state index >= 15 is 0 Å². The first kappa shape index (κ1) is 15.2. The lowest BCUT2D eigenvalue weighted by atomic mass is 10.0. The Hall–Kier alpha value is -1.20. The van der Waals surface area contributed by atoms with Crippen molar-refractivity contribution in [2.45, 2.75) is 19.3 Å². The molecule has 0 saturated carbocycles. The average molecular weight is 284 g/mol. The molecule has 1 aromatic rings. The van der Waals surface area contributed by atoms with Gasteiger partial charge in [-0.3, -0.25) is 0 Å². The fourth-order valence-electron chi connectivity index (χ4n) is 2.46. The molecule has 0 amide bonds. The molecular weight excluding hydrogens is 262 g/mol. The Labute approximate surface area is 118 Å². The van der Waals surface area contributed by atoms with Gasteiger partial charge in [-0.25, -0.2) is 8.78 Å². The van der Waals surface area contributed by atoms with E-state index in [0.717, 1.165) is 51.6 Å². The Kier molecular flexibility index (Phi) is 4.94. The summed E-state index contributed by atoms with van der Waals surface area (Å²) in [5.41, 5.74) is 0.902. The largest absolute Gasteiger partial charge is 0.496 e. The SMILES string of the molecule is COc1ccc(C(C)(F)F)cc1CCN1CCNCC1. The second-order valence-corrected chi connectivity index (χ2v) is 5.26. The minimum absolute atomic E-state index is 0.0496. The van der Waals surface area contributed by atoms with E-state index in [1.54, 1.807) is 19.2 Å². The Bertz CT molecular complexity index is 440. The lowest BCUT2D eigenvalue weighted by Gasteiger charge is -2.27. The number of hydrogen-bond acceptors (Lipinski definition) is 3. The molecule has 20 heavy (non-hydrogen) atoms. The molecule has 0 radical (unpaired) electrons. The van der Waals surface area contributed by atoms with Crippen LogP contribution in [0.4, 0.5) is 8.78 Å². The highest BCUT2D eigenvalue weighted by Gasteiger charge is 2.25. The molecule has 112 valence electrons. The number of nitrogens with one attached hydrogen (secondary N) is 1. The second kappa shape index (κ2) is 6.50. The van der Waals surface area contributed by atoms with E-state index < -0.39 is 5.92 Å². The van der Waals surface area contributed by atoms with Gasteiger partial charge in [0.05, 0.1) is 7.11 Å². The highest BCUT2D eigenvalue weighted by Crippen LogP contribution is 2.31. The van der Waals surface area contributed by atoms with E-state index in [9.17, 15) is 8.78 Å². The predicted molar refractivity (Wildman–Crippen MR) is 75.6 cm³/mol. The molecule has 1 saturated heterocycles. The molecule has 0 aliphatic carbocycles. The minimum Gasteiger partial charge on any atom is -0.496 e. The zero-order valence-electron chi connectivity index (χ0n) is 12.1. The Morgan fingerprint density at radius 1 is 1.30 bits per heavy atom. The summed E-state index contributed by atoms with van der Waals surface area (Å²) in [7, 11) is 1.58. The summed E-state index contributed by atoms with van der Waals surface area (Å²) in [6.07, 6.45) is 0.729. The van der Waals surface area contributed by atoms with Gasteiger partial charge in [0.25, 0.3) is 5.92 Å². The van der Waals surface area contributed by atoms with E-state index in [-0.39, 0.29) is 5.56 Å². The van der Waals surface area contributed by atoms with Crippen molar-refractivity contribution in [2.75, 3.05) is 39.8 Å². The third-order valence-corrected chi connectivity index (χ3v) is 3.69. The lowest BCUT2D eigenvalue weighted by molar-refractivity contribution is 0.0173. The van der Waals surface area contributed by atoms with Crippen molar-refractivity contribution in [3.63, 3.8) is 0 Å². The fourth-order valence-corrected chi connectivity index (χ4v) is 2.46. The van der Waals surface area contributed by atoms with E-state index in [1.165, 1.54) is 6.07 Å². The highest BCUT2D eigenvalue weighted by atomic mass is 19.3. The van der Waals surface area contributed by atoms with Crippen molar-refractivity contribution in [1.29, 1.82) is 0 Å². The van der Waals surface area contributed by atoms with Gasteiger partial charge in [0.2, 0.25) is 0 Å². The van der Waals surface area contributed by atoms with E-state index in [0.29, 0.717) is 5.75 Å². The molecule has 0 atom stereocenters. The van der Waals surface area contributed by atoms with Crippen molar-refractivity contribution in [3.8, 4) is 5.75 Å². The molecule has 5 heteroatoms. The molecule has 1 N–H and O–H groups in total. The molecule has 0 spiro atoms. The van der Waals surface area contributed by atoms with Crippen LogP contribution >= 0.6 is 0 Å². The van der Waals surface area contributed by atoms with Crippen LogP contribution < -0.4 is 10.1 Å². The number of halogens is 2. The monoisotopic (exact) mass is 284 g/mol. The van der Waals surface area contributed by atoms with Crippen molar-refractivity contribution in [1.82, 2.24) is 10.2 Å². The maximum atomic E-state index is 13.4. The molecule has 1 fully saturated rings. The Morgan fingerprint density at radius 2 is 2.00 bits per heavy atom. The average Bonchev–Trinajstić information content (AvgIpc) is 2.45. The number of alkyl halides is 2. The Balaban J connectivity index is 2.07. The van der Waals surface area contributed by atoms with Crippen molar-refractivity contribution in [3.05, 3.63) is 29.3 Å². The first-order valence-corrected chi connectivity index (χ1v) is 6.99. The number of hydrogen-bond donors (Lipinski definition) is 1. The molecule has 0 aromatic heterocycles. The third kappa shape index (κ3) is 3.90. The summed E-state index contributed by atoms with van der Waals surface area (Å²) >= 11 is 0. The minimum atomic E-state index is -2.81. The molecule has 1 heterocycles. The number of rotatable bonds is 5. The first-order valence-electron chi connectivity index (χ1n) is 6.99. The molecule has 3 nitrogen and oxygen atoms in total. The van der Waals surface area contributed by atoms with Gasteiger partial charge in [-0.05, 0) is 30.2 Å². The van der Waals surface area contributed by atoms with Gasteiger partial charge < -0.3 is 15.0 Å². The zero-order valence-corrected chi connectivity index (χ0v) is 12.1. The van der Waals surface area contributed by atoms with E-state index in [1.807, 2.05) is 0 Å². The van der Waals surface area contributed by atoms with Gasteiger partial charge in [-0.1, -0.05) is 0 Å². The maximum Gasteiger partial charge on any atom is 0.270 e. The summed E-state index contributed by atoms with van der Waals surface area (Å²) in [5, 5.41) is 3.30. The maximum absolute atomic E-state index is 13.4. The number of methoxy groups -OCH3 is 1. The molecule has 1 aromatic carbocycles. The van der Waals surface area contributed by atoms with Gasteiger partial charge in [0, 0.05) is 45.2 Å². The smallest absolute Gasteiger partial charge is 0.270 e. The van der Waals surface area contributed by atoms with Gasteiger partial charge in [-0.15, -0.1) is 0 Å². The summed E-state index contributed by atoms with van der Waals surface area (Å²) in [6, 6.07) is 4.65. The summed E-state index contributed by atoms with van der Waals surface area (Å²) in [4.78, 5) is 2.34. The normalized spacial score (nSPS) is 17.2. The number of benzene rings is 1. The van der Waals surface area contributed by atoms with Gasteiger partial charge in [0.15, 0.2) is 0 Å². The molecule has 2 rings (SSSR count). The molecule has 1 aliphatic heterocycles. The van der Waals surface area contributed by atoms with Gasteiger partial charge in [-0.2, -0.15) is 0 Å². The van der Waals surface area contributed by atoms with Crippen LogP contribution in [0.15, 0.2) is 18.2 Å². The topological polar surface area (TPSA) is 24.5 Å². The van der Waals surface area contributed by atoms with Crippen LogP contribution in [0, 0.1) is 0 Å². The van der Waals surface area contributed by atoms with Crippen LogP contribution in [0.3, 0.4) is 0 Å². The fraction of sp³-hybridized carbons (Fsp3) is 0.600. The van der Waals surface area contributed by atoms with Gasteiger partial charge in [0.1, 0.15) is 5.75 Å². The van der Waals surface area contributed by atoms with Crippen LogP contribution in [-0.4, -0.2) is 44.7 Å². The highest BCUT2D eigenvalue weighted by molar-refractivity contribution is 5.39. The molecular formula is C15H22F2N2O. The van der Waals surface area contributed by atoms with Crippen LogP contribution in [0.25, 0.3) is 0 Å². The lowest BCUT2D eigenvalue weighted by Crippen LogP contribution is -2.44. The number of nitrogens with zero attached hydrogens (tertiary/aromatic N) is 1. The summed E-state index contributed by atoms with van der Waals surface area (Å²) < 4.78 is 32.1. The molecule has 0 unspecified atom stereocenters. The summed E-state index contributed by atoms with van der Waals surface area (Å²) in [5.74, 6) is -2.12. The first-order chi connectivity index (χ1) is 9.50. The van der Waals surface area contributed by atoms with Crippen molar-refractivity contribution < 1.29 is 13.5 Å². The van der Waals surface area contributed by atoms with E-state index in [2.05, 4.69) is 10.2 Å². The quantitative estimate of drug-likeness (QED) is 0.897. The predicted octanol–water partition coefficient (Wildman–Crippen LogP) is 2.25. The molecule has 0 bridgehead atoms. The Morgan fingerprint density at radius 3 is 2.60 bits per heavy atom.